The van der Waals surface area contributed by atoms with Gasteiger partial charge in [-0.2, -0.15) is 0 Å². The Morgan fingerprint density at radius 1 is 1.25 bits per heavy atom. The van der Waals surface area contributed by atoms with Gasteiger partial charge in [0.2, 0.25) is 0 Å². The van der Waals surface area contributed by atoms with Crippen LogP contribution in [0.15, 0.2) is 35.1 Å². The van der Waals surface area contributed by atoms with Crippen LogP contribution in [0.5, 0.6) is 11.5 Å². The molecule has 1 aromatic heterocycles. The predicted octanol–water partition coefficient (Wildman–Crippen LogP) is 1.55. The van der Waals surface area contributed by atoms with Crippen LogP contribution in [0.4, 0.5) is 4.39 Å². The van der Waals surface area contributed by atoms with Crippen LogP contribution in [0.3, 0.4) is 0 Å². The zero-order chi connectivity index (χ0) is 20.7. The van der Waals surface area contributed by atoms with Crippen LogP contribution >= 0.6 is 0 Å². The van der Waals surface area contributed by atoms with Gasteiger partial charge in [-0.15, -0.1) is 0 Å². The van der Waals surface area contributed by atoms with Gasteiger partial charge in [0, 0.05) is 13.6 Å². The van der Waals surface area contributed by atoms with Crippen LogP contribution in [0, 0.1) is 0 Å². The number of benzene rings is 1. The quantitative estimate of drug-likeness (QED) is 0.521. The highest BCUT2D eigenvalue weighted by Gasteiger charge is 2.17. The molecular weight excluding hydrogens is 371 g/mol. The number of nitrogens with zero attached hydrogens (tertiary/aromatic N) is 1. The number of aromatic nitrogens is 1. The maximum absolute atomic E-state index is 12.9. The van der Waals surface area contributed by atoms with Crippen LogP contribution in [-0.4, -0.2) is 41.8 Å². The maximum Gasteiger partial charge on any atom is 0.337 e. The van der Waals surface area contributed by atoms with Gasteiger partial charge in [0.05, 0.1) is 30.5 Å². The second-order valence-electron chi connectivity index (χ2n) is 5.87. The van der Waals surface area contributed by atoms with Crippen LogP contribution in [0.1, 0.15) is 32.8 Å². The van der Waals surface area contributed by atoms with E-state index in [1.54, 1.807) is 24.3 Å². The van der Waals surface area contributed by atoms with Crippen molar-refractivity contribution >= 4 is 11.9 Å². The summed E-state index contributed by atoms with van der Waals surface area (Å²) < 4.78 is 24.0. The minimum atomic E-state index is -0.936. The zero-order valence-corrected chi connectivity index (χ0v) is 15.5. The summed E-state index contributed by atoms with van der Waals surface area (Å²) in [5, 5.41) is 12.4. The van der Waals surface area contributed by atoms with E-state index in [2.05, 4.69) is 10.1 Å². The van der Waals surface area contributed by atoms with Crippen molar-refractivity contribution in [3.8, 4) is 11.5 Å². The van der Waals surface area contributed by atoms with Gasteiger partial charge < -0.3 is 24.5 Å². The summed E-state index contributed by atoms with van der Waals surface area (Å²) in [6.45, 7) is -0.427. The summed E-state index contributed by atoms with van der Waals surface area (Å²) in [6.07, 6.45) is 0.450. The molecule has 1 heterocycles. The smallest absolute Gasteiger partial charge is 0.337 e. The number of carbonyl (C=O) groups excluding carboxylic acids is 2. The largest absolute Gasteiger partial charge is 0.502 e. The number of halogens is 1. The highest BCUT2D eigenvalue weighted by molar-refractivity contribution is 5.96. The first-order chi connectivity index (χ1) is 13.4. The van der Waals surface area contributed by atoms with E-state index in [1.807, 2.05) is 0 Å². The topological polar surface area (TPSA) is 107 Å². The molecule has 0 radical (unpaired) electrons. The second-order valence-corrected chi connectivity index (χ2v) is 5.87. The minimum Gasteiger partial charge on any atom is -0.502 e. The van der Waals surface area contributed by atoms with Crippen molar-refractivity contribution in [3.63, 3.8) is 0 Å². The molecule has 0 unspecified atom stereocenters. The van der Waals surface area contributed by atoms with Gasteiger partial charge >= 0.3 is 5.97 Å². The van der Waals surface area contributed by atoms with E-state index in [4.69, 9.17) is 4.74 Å². The molecule has 2 rings (SSSR count). The van der Waals surface area contributed by atoms with E-state index in [-0.39, 0.29) is 24.4 Å². The number of hydrogen-bond donors (Lipinski definition) is 2. The highest BCUT2D eigenvalue weighted by atomic mass is 19.1. The molecule has 0 saturated carbocycles. The van der Waals surface area contributed by atoms with E-state index in [1.165, 1.54) is 14.2 Å². The molecule has 2 N–H and O–H groups in total. The molecule has 0 aliphatic heterocycles. The Morgan fingerprint density at radius 2 is 1.93 bits per heavy atom. The zero-order valence-electron chi connectivity index (χ0n) is 15.5. The first kappa shape index (κ1) is 20.9. The number of rotatable bonds is 8. The standard InChI is InChI=1S/C19H21FN2O6/c1-22-13(11-20)10-15(16(23)18(22)25)17(24)21-8-3-9-28-14-6-4-12(5-7-14)19(26)27-2/h4-7,10,23H,3,8-9,11H2,1-2H3,(H,21,24). The van der Waals surface area contributed by atoms with Crippen molar-refractivity contribution in [2.75, 3.05) is 20.3 Å². The fraction of sp³-hybridized carbons (Fsp3) is 0.316. The third-order valence-corrected chi connectivity index (χ3v) is 4.04. The Labute approximate surface area is 160 Å². The molecule has 2 aromatic rings. The lowest BCUT2D eigenvalue weighted by Crippen LogP contribution is -2.29. The van der Waals surface area contributed by atoms with Crippen molar-refractivity contribution in [1.82, 2.24) is 9.88 Å². The molecule has 1 aromatic carbocycles. The molecule has 0 saturated heterocycles. The molecule has 0 bridgehead atoms. The van der Waals surface area contributed by atoms with Gasteiger partial charge in [0.25, 0.3) is 11.5 Å². The van der Waals surface area contributed by atoms with Gasteiger partial charge in [0.1, 0.15) is 12.4 Å². The molecule has 8 nitrogen and oxygen atoms in total. The van der Waals surface area contributed by atoms with Gasteiger partial charge in [-0.1, -0.05) is 0 Å². The number of alkyl halides is 1. The van der Waals surface area contributed by atoms with Crippen molar-refractivity contribution in [3.05, 3.63) is 57.5 Å². The number of methoxy groups -OCH3 is 1. The Hall–Kier alpha value is -3.36. The highest BCUT2D eigenvalue weighted by Crippen LogP contribution is 2.15. The lowest BCUT2D eigenvalue weighted by atomic mass is 10.2. The van der Waals surface area contributed by atoms with Crippen molar-refractivity contribution in [2.24, 2.45) is 7.05 Å². The molecule has 0 spiro atoms. The second kappa shape index (κ2) is 9.54. The van der Waals surface area contributed by atoms with E-state index >= 15 is 0 Å². The molecule has 150 valence electrons. The van der Waals surface area contributed by atoms with E-state index in [0.717, 1.165) is 10.6 Å². The Kier molecular flexibility index (Phi) is 7.14. The summed E-state index contributed by atoms with van der Waals surface area (Å²) in [6, 6.07) is 7.54. The Bertz CT molecular complexity index is 908. The Balaban J connectivity index is 1.84. The number of carbonyl (C=O) groups is 2. The minimum absolute atomic E-state index is 0.00770. The van der Waals surface area contributed by atoms with Gasteiger partial charge in [-0.05, 0) is 36.8 Å². The Morgan fingerprint density at radius 3 is 2.54 bits per heavy atom. The predicted molar refractivity (Wildman–Crippen MR) is 98.4 cm³/mol. The molecular formula is C19H21FN2O6. The monoisotopic (exact) mass is 392 g/mol. The summed E-state index contributed by atoms with van der Waals surface area (Å²) in [4.78, 5) is 35.3. The molecule has 0 atom stereocenters. The summed E-state index contributed by atoms with van der Waals surface area (Å²) >= 11 is 0. The number of ether oxygens (including phenoxy) is 2. The molecule has 9 heteroatoms. The lowest BCUT2D eigenvalue weighted by Gasteiger charge is -2.11. The van der Waals surface area contributed by atoms with E-state index in [9.17, 15) is 23.9 Å². The summed E-state index contributed by atoms with van der Waals surface area (Å²) in [7, 11) is 2.61. The lowest BCUT2D eigenvalue weighted by molar-refractivity contribution is 0.0600. The van der Waals surface area contributed by atoms with Crippen molar-refractivity contribution < 1.29 is 28.6 Å². The molecule has 1 amide bonds. The average molecular weight is 392 g/mol. The normalized spacial score (nSPS) is 10.4. The van der Waals surface area contributed by atoms with Crippen LogP contribution in [0.25, 0.3) is 0 Å². The van der Waals surface area contributed by atoms with E-state index in [0.29, 0.717) is 17.7 Å². The number of nitrogens with one attached hydrogen (secondary N) is 1. The molecule has 28 heavy (non-hydrogen) atoms. The fourth-order valence-corrected chi connectivity index (χ4v) is 2.40. The fourth-order valence-electron chi connectivity index (χ4n) is 2.40. The van der Waals surface area contributed by atoms with Crippen LogP contribution in [0.2, 0.25) is 0 Å². The third-order valence-electron chi connectivity index (χ3n) is 4.04. The summed E-state index contributed by atoms with van der Waals surface area (Å²) in [5.41, 5.74) is -0.704. The van der Waals surface area contributed by atoms with Crippen molar-refractivity contribution in [1.29, 1.82) is 0 Å². The number of esters is 1. The number of aromatic hydroxyl groups is 1. The molecule has 0 fully saturated rings. The average Bonchev–Trinajstić information content (AvgIpc) is 2.71. The van der Waals surface area contributed by atoms with E-state index < -0.39 is 29.9 Å². The van der Waals surface area contributed by atoms with Crippen LogP contribution < -0.4 is 15.6 Å². The molecule has 0 aliphatic rings. The van der Waals surface area contributed by atoms with Gasteiger partial charge in [0.15, 0.2) is 5.75 Å². The maximum atomic E-state index is 12.9. The third kappa shape index (κ3) is 4.87. The first-order valence-corrected chi connectivity index (χ1v) is 8.46. The van der Waals surface area contributed by atoms with Crippen LogP contribution in [-0.2, 0) is 18.5 Å². The van der Waals surface area contributed by atoms with Gasteiger partial charge in [-0.25, -0.2) is 9.18 Å². The molecule has 0 aliphatic carbocycles. The number of amides is 1. The SMILES string of the molecule is COC(=O)c1ccc(OCCCNC(=O)c2cc(CF)n(C)c(=O)c2O)cc1. The first-order valence-electron chi connectivity index (χ1n) is 8.46. The number of pyridine rings is 1. The van der Waals surface area contributed by atoms with Crippen molar-refractivity contribution in [2.45, 2.75) is 13.1 Å². The number of hydrogen-bond acceptors (Lipinski definition) is 6. The van der Waals surface area contributed by atoms with Gasteiger partial charge in [-0.3, -0.25) is 9.59 Å². The summed E-state index contributed by atoms with van der Waals surface area (Å²) in [5.74, 6) is -1.29.